The molecule has 7 heteroatoms. The summed E-state index contributed by atoms with van der Waals surface area (Å²) in [4.78, 5) is 28.9. The van der Waals surface area contributed by atoms with Crippen molar-refractivity contribution in [3.8, 4) is 5.75 Å². The first-order valence-corrected chi connectivity index (χ1v) is 5.01. The number of carbonyl (C=O) groups excluding carboxylic acids is 1. The van der Waals surface area contributed by atoms with E-state index in [4.69, 9.17) is 0 Å². The van der Waals surface area contributed by atoms with Crippen LogP contribution in [-0.4, -0.2) is 32.6 Å². The fourth-order valence-electron chi connectivity index (χ4n) is 1.20. The second-order valence-electron chi connectivity index (χ2n) is 2.77. The highest BCUT2D eigenvalue weighted by atomic mass is 16.5. The molecule has 0 amide bonds. The van der Waals surface area contributed by atoms with E-state index in [9.17, 15) is 14.7 Å². The van der Waals surface area contributed by atoms with E-state index in [1.165, 1.54) is 12.4 Å². The third-order valence-electron chi connectivity index (χ3n) is 1.93. The van der Waals surface area contributed by atoms with Crippen LogP contribution in [0.1, 0.15) is 24.3 Å². The highest BCUT2D eigenvalue weighted by molar-refractivity contribution is 5.90. The van der Waals surface area contributed by atoms with Gasteiger partial charge in [0.05, 0.1) is 7.11 Å². The van der Waals surface area contributed by atoms with Crippen molar-refractivity contribution in [1.29, 1.82) is 0 Å². The third-order valence-corrected chi connectivity index (χ3v) is 1.93. The lowest BCUT2D eigenvalue weighted by atomic mass is 10.4. The van der Waals surface area contributed by atoms with Crippen LogP contribution in [0.25, 0.3) is 5.78 Å². The third kappa shape index (κ3) is 2.12. The van der Waals surface area contributed by atoms with Crippen molar-refractivity contribution in [1.82, 2.24) is 14.4 Å². The predicted octanol–water partition coefficient (Wildman–Crippen LogP) is 0.541. The molecule has 0 spiro atoms. The zero-order valence-corrected chi connectivity index (χ0v) is 9.72. The average Bonchev–Trinajstić information content (AvgIpc) is 2.83. The van der Waals surface area contributed by atoms with Crippen LogP contribution < -0.4 is 5.56 Å². The van der Waals surface area contributed by atoms with Gasteiger partial charge < -0.3 is 14.8 Å². The Morgan fingerprint density at radius 1 is 1.53 bits per heavy atom. The molecule has 2 aromatic rings. The van der Waals surface area contributed by atoms with Gasteiger partial charge >= 0.3 is 11.5 Å². The van der Waals surface area contributed by atoms with Crippen LogP contribution in [0.3, 0.4) is 0 Å². The fraction of sp³-hybridized carbons (Fsp3) is 0.300. The Morgan fingerprint density at radius 2 is 2.18 bits per heavy atom. The molecule has 0 aliphatic rings. The number of aromatic amines is 1. The second kappa shape index (κ2) is 5.15. The number of aromatic nitrogens is 3. The molecule has 0 aliphatic heterocycles. The Labute approximate surface area is 96.7 Å². The Bertz CT molecular complexity index is 585. The molecular formula is C10H13N3O4. The van der Waals surface area contributed by atoms with Gasteiger partial charge in [0.25, 0.3) is 0 Å². The van der Waals surface area contributed by atoms with Crippen molar-refractivity contribution < 1.29 is 14.6 Å². The first-order valence-electron chi connectivity index (χ1n) is 5.01. The van der Waals surface area contributed by atoms with Crippen LogP contribution in [0.4, 0.5) is 0 Å². The summed E-state index contributed by atoms with van der Waals surface area (Å²) in [6, 6.07) is 0. The number of hydrogen-bond acceptors (Lipinski definition) is 5. The zero-order chi connectivity index (χ0) is 13.0. The lowest BCUT2D eigenvalue weighted by Crippen LogP contribution is -2.18. The van der Waals surface area contributed by atoms with E-state index >= 15 is 0 Å². The molecule has 0 unspecified atom stereocenters. The smallest absolute Gasteiger partial charge is 0.358 e. The summed E-state index contributed by atoms with van der Waals surface area (Å²) in [5, 5.41) is 9.42. The summed E-state index contributed by atoms with van der Waals surface area (Å²) in [5.74, 6) is -1.35. The van der Waals surface area contributed by atoms with Crippen LogP contribution in [0, 0.1) is 0 Å². The number of esters is 1. The standard InChI is InChI=1S/C8H7N3O4.C2H6/c1-15-7(14)4-5(12)6(13)11-3-2-9-8(11)10-4;1-2/h2-3,12H,1H3,(H,9,10);1-2H3. The van der Waals surface area contributed by atoms with Gasteiger partial charge in [0.15, 0.2) is 5.69 Å². The quantitative estimate of drug-likeness (QED) is 0.708. The number of hydrogen-bond donors (Lipinski definition) is 2. The van der Waals surface area contributed by atoms with Gasteiger partial charge in [-0.2, -0.15) is 0 Å². The summed E-state index contributed by atoms with van der Waals surface area (Å²) in [6.45, 7) is 4.00. The lowest BCUT2D eigenvalue weighted by molar-refractivity contribution is 0.0590. The minimum Gasteiger partial charge on any atom is -0.501 e. The number of nitrogens with zero attached hydrogens (tertiary/aromatic N) is 2. The van der Waals surface area contributed by atoms with Crippen LogP contribution >= 0.6 is 0 Å². The topological polar surface area (TPSA) is 96.7 Å². The van der Waals surface area contributed by atoms with E-state index in [0.29, 0.717) is 0 Å². The molecule has 2 N–H and O–H groups in total. The molecule has 0 bridgehead atoms. The highest BCUT2D eigenvalue weighted by Crippen LogP contribution is 2.10. The number of ether oxygens (including phenoxy) is 1. The summed E-state index contributed by atoms with van der Waals surface area (Å²) in [5.41, 5.74) is -1.03. The number of rotatable bonds is 1. The molecule has 2 rings (SSSR count). The van der Waals surface area contributed by atoms with Gasteiger partial charge in [0.1, 0.15) is 0 Å². The number of imidazole rings is 1. The van der Waals surface area contributed by atoms with E-state index in [2.05, 4.69) is 14.7 Å². The van der Waals surface area contributed by atoms with Gasteiger partial charge in [0.2, 0.25) is 11.5 Å². The Kier molecular flexibility index (Phi) is 3.86. The highest BCUT2D eigenvalue weighted by Gasteiger charge is 2.17. The van der Waals surface area contributed by atoms with Gasteiger partial charge in [-0.3, -0.25) is 4.79 Å². The minimum atomic E-state index is -0.824. The van der Waals surface area contributed by atoms with Gasteiger partial charge in [0, 0.05) is 12.4 Å². The van der Waals surface area contributed by atoms with Crippen LogP contribution in [-0.2, 0) is 4.74 Å². The molecule has 0 radical (unpaired) electrons. The van der Waals surface area contributed by atoms with Crippen LogP contribution in [0.2, 0.25) is 0 Å². The Balaban J connectivity index is 0.000000686. The normalized spacial score (nSPS) is 9.59. The van der Waals surface area contributed by atoms with Crippen molar-refractivity contribution >= 4 is 11.7 Å². The Morgan fingerprint density at radius 3 is 2.76 bits per heavy atom. The van der Waals surface area contributed by atoms with Crippen LogP contribution in [0.15, 0.2) is 17.2 Å². The van der Waals surface area contributed by atoms with Crippen molar-refractivity contribution in [3.05, 3.63) is 28.4 Å². The average molecular weight is 239 g/mol. The van der Waals surface area contributed by atoms with E-state index < -0.39 is 17.3 Å². The molecular weight excluding hydrogens is 226 g/mol. The number of carbonyl (C=O) groups is 1. The van der Waals surface area contributed by atoms with Gasteiger partial charge in [-0.15, -0.1) is 0 Å². The minimum absolute atomic E-state index is 0.165. The molecule has 92 valence electrons. The Hall–Kier alpha value is -2.31. The fourth-order valence-corrected chi connectivity index (χ4v) is 1.20. The SMILES string of the molecule is CC.COC(=O)c1[nH]c2nccn2c(=O)c1O. The molecule has 0 aromatic carbocycles. The molecule has 0 saturated carbocycles. The largest absolute Gasteiger partial charge is 0.501 e. The van der Waals surface area contributed by atoms with E-state index in [1.807, 2.05) is 13.8 Å². The lowest BCUT2D eigenvalue weighted by Gasteiger charge is -2.02. The van der Waals surface area contributed by atoms with Crippen molar-refractivity contribution in [2.24, 2.45) is 0 Å². The van der Waals surface area contributed by atoms with Gasteiger partial charge in [-0.05, 0) is 0 Å². The molecule has 2 aromatic heterocycles. The second-order valence-corrected chi connectivity index (χ2v) is 2.77. The predicted molar refractivity (Wildman–Crippen MR) is 60.2 cm³/mol. The molecule has 0 saturated heterocycles. The molecule has 0 aliphatic carbocycles. The maximum Gasteiger partial charge on any atom is 0.358 e. The maximum atomic E-state index is 11.5. The number of fused-ring (bicyclic) bond motifs is 1. The molecule has 0 fully saturated rings. The van der Waals surface area contributed by atoms with Gasteiger partial charge in [-0.1, -0.05) is 13.8 Å². The zero-order valence-electron chi connectivity index (χ0n) is 9.72. The summed E-state index contributed by atoms with van der Waals surface area (Å²) in [7, 11) is 1.15. The molecule has 17 heavy (non-hydrogen) atoms. The van der Waals surface area contributed by atoms with Gasteiger partial charge in [-0.25, -0.2) is 14.2 Å². The van der Waals surface area contributed by atoms with E-state index in [1.54, 1.807) is 0 Å². The van der Waals surface area contributed by atoms with E-state index in [0.717, 1.165) is 11.5 Å². The van der Waals surface area contributed by atoms with Crippen molar-refractivity contribution in [2.75, 3.05) is 7.11 Å². The molecule has 7 nitrogen and oxygen atoms in total. The summed E-state index contributed by atoms with van der Waals surface area (Å²) >= 11 is 0. The first-order chi connectivity index (χ1) is 8.15. The molecule has 0 atom stereocenters. The number of methoxy groups -OCH3 is 1. The number of H-pyrrole nitrogens is 1. The van der Waals surface area contributed by atoms with E-state index in [-0.39, 0.29) is 11.5 Å². The first kappa shape index (κ1) is 12.8. The van der Waals surface area contributed by atoms with Crippen molar-refractivity contribution in [2.45, 2.75) is 13.8 Å². The van der Waals surface area contributed by atoms with Crippen molar-refractivity contribution in [3.63, 3.8) is 0 Å². The summed E-state index contributed by atoms with van der Waals surface area (Å²) < 4.78 is 5.48. The number of aromatic hydroxyl groups is 1. The van der Waals surface area contributed by atoms with Crippen LogP contribution in [0.5, 0.6) is 5.75 Å². The monoisotopic (exact) mass is 239 g/mol. The maximum absolute atomic E-state index is 11.5. The number of nitrogens with one attached hydrogen (secondary N) is 1. The summed E-state index contributed by atoms with van der Waals surface area (Å²) in [6.07, 6.45) is 2.74. The molecule has 2 heterocycles.